The number of sulfonamides is 2. The number of fused-ring (bicyclic) bond motifs is 4. The predicted molar refractivity (Wildman–Crippen MR) is 313 cm³/mol. The number of nitrogens with zero attached hydrogens (tertiary/aromatic N) is 8. The third-order valence-corrected chi connectivity index (χ3v) is 15.9. The van der Waals surface area contributed by atoms with Crippen LogP contribution in [0.5, 0.6) is 0 Å². The number of amides is 1. The first-order chi connectivity index (χ1) is 38.4. The van der Waals surface area contributed by atoms with Crippen LogP contribution in [0.25, 0.3) is 11.3 Å². The van der Waals surface area contributed by atoms with E-state index in [9.17, 15) is 31.2 Å². The van der Waals surface area contributed by atoms with Crippen molar-refractivity contribution >= 4 is 72.0 Å². The molecule has 0 unspecified atom stereocenters. The number of halogens is 1. The summed E-state index contributed by atoms with van der Waals surface area (Å²) in [5.41, 5.74) is 14.6. The minimum atomic E-state index is -3.56. The summed E-state index contributed by atoms with van der Waals surface area (Å²) >= 11 is 6.56. The number of carbonyl (C=O) groups is 3. The van der Waals surface area contributed by atoms with E-state index in [4.69, 9.17) is 26.9 Å². The number of ketones is 1. The van der Waals surface area contributed by atoms with E-state index >= 15 is 0 Å². The molecule has 4 aromatic heterocycles. The van der Waals surface area contributed by atoms with Crippen LogP contribution < -0.4 is 9.44 Å². The van der Waals surface area contributed by atoms with Crippen LogP contribution in [0.3, 0.4) is 0 Å². The Morgan fingerprint density at radius 2 is 1.14 bits per heavy atom. The van der Waals surface area contributed by atoms with Crippen molar-refractivity contribution in [1.29, 1.82) is 0 Å². The summed E-state index contributed by atoms with van der Waals surface area (Å²) in [6.07, 6.45) is 5.38. The minimum absolute atomic E-state index is 0.0269. The quantitative estimate of drug-likeness (QED) is 0.0810. The lowest BCUT2D eigenvalue weighted by molar-refractivity contribution is 0.0632. The first-order valence-corrected chi connectivity index (χ1v) is 30.1. The molecule has 3 N–H and O–H groups in total. The molecule has 2 atom stereocenters. The van der Waals surface area contributed by atoms with E-state index in [0.717, 1.165) is 91.9 Å². The average Bonchev–Trinajstić information content (AvgIpc) is 4.15. The molecule has 0 radical (unpaired) electrons. The van der Waals surface area contributed by atoms with Crippen molar-refractivity contribution in [2.45, 2.75) is 79.6 Å². The van der Waals surface area contributed by atoms with Gasteiger partial charge in [0, 0.05) is 53.9 Å². The molecule has 0 saturated heterocycles. The van der Waals surface area contributed by atoms with Crippen molar-refractivity contribution in [3.8, 4) is 0 Å². The van der Waals surface area contributed by atoms with E-state index in [1.807, 2.05) is 101 Å². The van der Waals surface area contributed by atoms with Gasteiger partial charge in [-0.1, -0.05) is 114 Å². The highest BCUT2D eigenvalue weighted by Gasteiger charge is 2.35. The van der Waals surface area contributed by atoms with Crippen LogP contribution in [0.1, 0.15) is 110 Å². The number of Topliss-reactive ketones (excluding diaryl/α,β-unsaturated/α-hetero) is 1. The van der Waals surface area contributed by atoms with Crippen LogP contribution in [-0.4, -0.2) is 97.7 Å². The van der Waals surface area contributed by atoms with E-state index in [1.54, 1.807) is 45.1 Å². The number of aryl methyl sites for hydroxylation is 5. The number of anilines is 2. The van der Waals surface area contributed by atoms with Gasteiger partial charge in [-0.15, -0.1) is 0 Å². The summed E-state index contributed by atoms with van der Waals surface area (Å²) in [4.78, 5) is 51.2. The number of carbonyl (C=O) groups excluding carboxylic acids is 2. The van der Waals surface area contributed by atoms with Crippen molar-refractivity contribution in [3.05, 3.63) is 223 Å². The molecular formula is C60H61ClN10O8S2. The molecule has 0 saturated carbocycles. The first-order valence-electron chi connectivity index (χ1n) is 25.9. The highest BCUT2D eigenvalue weighted by atomic mass is 35.5. The van der Waals surface area contributed by atoms with Gasteiger partial charge in [0.15, 0.2) is 17.1 Å². The van der Waals surface area contributed by atoms with Gasteiger partial charge in [-0.25, -0.2) is 40.6 Å². The topological polar surface area (TPSA) is 231 Å². The summed E-state index contributed by atoms with van der Waals surface area (Å²) in [6.45, 7) is 12.9. The van der Waals surface area contributed by atoms with Gasteiger partial charge in [0.25, 0.3) is 5.91 Å². The molecule has 9 aromatic rings. The maximum atomic E-state index is 14.0. The molecule has 5 aromatic carbocycles. The molecule has 0 bridgehead atoms. The summed E-state index contributed by atoms with van der Waals surface area (Å²) in [7, 11) is -7.02. The van der Waals surface area contributed by atoms with Crippen molar-refractivity contribution < 1.29 is 36.3 Å². The standard InChI is InChI=1S/C26H27N5O3S.C25H23ClN4O.C9H11NO4S/c1-16-9-10-22(29-35(4,33)34)21(11-16)26(32)30-15-20-8-6-5-7-19(20)12-24(30)23-13-25-27-18(3)17(2)14-31(25)28-23;1-16-17(2)27-24-13-21(28-30(24)25(16)26)22-12-19-10-6-7-11-20(19)14-29(22)15-23(31)18-8-4-3-5-9-18;1-6-3-4-8(10-15(2,13)14)7(5-6)9(11)12/h5-11,13-14,24,29H,12,15H2,1-4H3;3-11,13,22H,12,14-15H2,1-2H3;3-5,10H,1-2H3,(H,11,12)/t24-;22-;/m00./s1. The number of aromatic nitrogens is 6. The zero-order valence-electron chi connectivity index (χ0n) is 46.0. The van der Waals surface area contributed by atoms with Gasteiger partial charge in [0.1, 0.15) is 5.15 Å². The fourth-order valence-electron chi connectivity index (χ4n) is 9.96. The Hall–Kier alpha value is -8.30. The van der Waals surface area contributed by atoms with Gasteiger partial charge in [0.2, 0.25) is 20.0 Å². The first kappa shape index (κ1) is 57.4. The van der Waals surface area contributed by atoms with Gasteiger partial charge >= 0.3 is 5.97 Å². The molecule has 21 heteroatoms. The second-order valence-electron chi connectivity index (χ2n) is 20.6. The normalized spacial score (nSPS) is 15.1. The Bertz CT molecular complexity index is 4110. The van der Waals surface area contributed by atoms with E-state index in [1.165, 1.54) is 23.3 Å². The molecule has 418 valence electrons. The Morgan fingerprint density at radius 1 is 0.617 bits per heavy atom. The van der Waals surface area contributed by atoms with Gasteiger partial charge in [-0.05, 0) is 106 Å². The Labute approximate surface area is 475 Å². The largest absolute Gasteiger partial charge is 0.478 e. The lowest BCUT2D eigenvalue weighted by Crippen LogP contribution is -2.39. The fraction of sp³-hybridized carbons (Fsp3) is 0.250. The third-order valence-electron chi connectivity index (χ3n) is 14.3. The van der Waals surface area contributed by atoms with Gasteiger partial charge in [-0.2, -0.15) is 10.2 Å². The molecule has 81 heavy (non-hydrogen) atoms. The van der Waals surface area contributed by atoms with E-state index < -0.39 is 26.0 Å². The molecule has 0 fully saturated rings. The van der Waals surface area contributed by atoms with Crippen LogP contribution in [0.2, 0.25) is 5.15 Å². The maximum absolute atomic E-state index is 14.0. The number of hydrogen-bond acceptors (Lipinski definition) is 12. The van der Waals surface area contributed by atoms with Crippen LogP contribution in [-0.2, 0) is 46.0 Å². The lowest BCUT2D eigenvalue weighted by atomic mass is 9.91. The van der Waals surface area contributed by atoms with E-state index in [0.29, 0.717) is 36.8 Å². The smallest absolute Gasteiger partial charge is 0.337 e. The predicted octanol–water partition coefficient (Wildman–Crippen LogP) is 10.0. The summed E-state index contributed by atoms with van der Waals surface area (Å²) < 4.78 is 54.0. The molecule has 11 rings (SSSR count). The fourth-order valence-corrected chi connectivity index (χ4v) is 11.4. The highest BCUT2D eigenvalue weighted by Crippen LogP contribution is 2.37. The number of carboxylic acids is 1. The van der Waals surface area contributed by atoms with E-state index in [2.05, 4.69) is 54.6 Å². The summed E-state index contributed by atoms with van der Waals surface area (Å²) in [5, 5.41) is 19.0. The Morgan fingerprint density at radius 3 is 1.74 bits per heavy atom. The van der Waals surface area contributed by atoms with Crippen molar-refractivity contribution in [1.82, 2.24) is 39.0 Å². The van der Waals surface area contributed by atoms with Gasteiger partial charge in [0.05, 0.1) is 65.0 Å². The van der Waals surface area contributed by atoms with Crippen molar-refractivity contribution in [3.63, 3.8) is 0 Å². The molecule has 18 nitrogen and oxygen atoms in total. The van der Waals surface area contributed by atoms with Crippen molar-refractivity contribution in [2.24, 2.45) is 0 Å². The molecule has 2 aliphatic heterocycles. The maximum Gasteiger partial charge on any atom is 0.337 e. The summed E-state index contributed by atoms with van der Waals surface area (Å²) in [5.74, 6) is -1.31. The van der Waals surface area contributed by atoms with Crippen LogP contribution in [0.15, 0.2) is 134 Å². The molecule has 1 amide bonds. The number of nitrogens with one attached hydrogen (secondary N) is 2. The Balaban J connectivity index is 0.000000158. The average molecular weight is 1150 g/mol. The number of aromatic carboxylic acids is 1. The minimum Gasteiger partial charge on any atom is -0.478 e. The SMILES string of the molecule is Cc1ccc(NS(C)(=O)=O)c(C(=O)N2Cc3ccccc3C[C@H]2c2cc3nc(C)c(C)cn3n2)c1.Cc1ccc(NS(C)(=O)=O)c(C(=O)O)c1.Cc1nc2cc([C@@H]3Cc4ccccc4CN3CC(=O)c3ccccc3)nn2c(Cl)c1C. The van der Waals surface area contributed by atoms with Crippen LogP contribution in [0.4, 0.5) is 11.4 Å². The number of benzene rings is 5. The molecule has 6 heterocycles. The molecular weight excluding hydrogens is 1090 g/mol. The number of carboxylic acid groups (broad SMARTS) is 1. The molecule has 2 aliphatic rings. The lowest BCUT2D eigenvalue weighted by Gasteiger charge is -2.36. The second kappa shape index (κ2) is 23.4. The molecule has 0 aliphatic carbocycles. The van der Waals surface area contributed by atoms with Gasteiger partial charge < -0.3 is 10.0 Å². The highest BCUT2D eigenvalue weighted by molar-refractivity contribution is 7.92. The Kier molecular flexibility index (Phi) is 16.6. The number of rotatable bonds is 11. The monoisotopic (exact) mass is 1150 g/mol. The molecule has 0 spiro atoms. The second-order valence-corrected chi connectivity index (χ2v) is 24.4. The van der Waals surface area contributed by atoms with Crippen LogP contribution >= 0.6 is 11.6 Å². The van der Waals surface area contributed by atoms with E-state index in [-0.39, 0.29) is 40.7 Å². The van der Waals surface area contributed by atoms with Gasteiger partial charge in [-0.3, -0.25) is 23.9 Å². The third kappa shape index (κ3) is 13.3. The zero-order chi connectivity index (χ0) is 58.1. The number of hydrogen-bond donors (Lipinski definition) is 3. The zero-order valence-corrected chi connectivity index (χ0v) is 48.4. The van der Waals surface area contributed by atoms with Crippen molar-refractivity contribution in [2.75, 3.05) is 28.5 Å². The summed E-state index contributed by atoms with van der Waals surface area (Å²) in [6, 6.07) is 39.1. The van der Waals surface area contributed by atoms with Crippen LogP contribution in [0, 0.1) is 41.5 Å².